The fraction of sp³-hybridized carbons (Fsp3) is 0.105. The van der Waals surface area contributed by atoms with Crippen LogP contribution >= 0.6 is 15.9 Å². The van der Waals surface area contributed by atoms with Crippen LogP contribution in [0.2, 0.25) is 0 Å². The molecule has 0 aliphatic carbocycles. The Balaban J connectivity index is 1.80. The Hall–Kier alpha value is -3.13. The maximum absolute atomic E-state index is 12.5. The number of hydrogen-bond donors (Lipinski definition) is 2. The molecule has 138 valence electrons. The first-order valence-corrected chi connectivity index (χ1v) is 8.79. The Morgan fingerprint density at radius 1 is 1.19 bits per heavy atom. The van der Waals surface area contributed by atoms with Gasteiger partial charge in [0, 0.05) is 15.7 Å². The number of ether oxygens (including phenoxy) is 1. The number of amides is 1. The van der Waals surface area contributed by atoms with Crippen LogP contribution in [0.15, 0.2) is 53.1 Å². The minimum atomic E-state index is -0.556. The van der Waals surface area contributed by atoms with Gasteiger partial charge in [0.15, 0.2) is 0 Å². The van der Waals surface area contributed by atoms with Crippen molar-refractivity contribution in [2.75, 3.05) is 18.2 Å². The molecule has 1 amide bonds. The summed E-state index contributed by atoms with van der Waals surface area (Å²) in [5.74, 6) is -0.611. The molecule has 0 atom stereocenters. The van der Waals surface area contributed by atoms with E-state index in [9.17, 15) is 9.59 Å². The average molecular weight is 429 g/mol. The zero-order valence-corrected chi connectivity index (χ0v) is 16.3. The van der Waals surface area contributed by atoms with Crippen molar-refractivity contribution in [3.8, 4) is 5.69 Å². The highest BCUT2D eigenvalue weighted by molar-refractivity contribution is 9.10. The van der Waals surface area contributed by atoms with E-state index in [2.05, 4.69) is 31.1 Å². The van der Waals surface area contributed by atoms with Crippen LogP contribution in [-0.4, -0.2) is 28.8 Å². The molecule has 8 heteroatoms. The fourth-order valence-electron chi connectivity index (χ4n) is 2.55. The van der Waals surface area contributed by atoms with Gasteiger partial charge in [0.1, 0.15) is 11.4 Å². The fourth-order valence-corrected chi connectivity index (χ4v) is 3.02. The van der Waals surface area contributed by atoms with Crippen LogP contribution in [0.25, 0.3) is 5.69 Å². The van der Waals surface area contributed by atoms with Crippen LogP contribution in [0.3, 0.4) is 0 Å². The normalized spacial score (nSPS) is 10.5. The smallest absolute Gasteiger partial charge is 0.343 e. The number of nitrogens with zero attached hydrogens (tertiary/aromatic N) is 2. The summed E-state index contributed by atoms with van der Waals surface area (Å²) in [7, 11) is 1.28. The Labute approximate surface area is 164 Å². The summed E-state index contributed by atoms with van der Waals surface area (Å²) < 4.78 is 7.02. The van der Waals surface area contributed by atoms with E-state index < -0.39 is 5.97 Å². The summed E-state index contributed by atoms with van der Waals surface area (Å²) in [4.78, 5) is 24.1. The number of benzene rings is 2. The molecule has 0 saturated carbocycles. The van der Waals surface area contributed by atoms with Crippen LogP contribution in [-0.2, 0) is 4.74 Å². The van der Waals surface area contributed by atoms with Gasteiger partial charge >= 0.3 is 5.97 Å². The lowest BCUT2D eigenvalue weighted by Gasteiger charge is -2.10. The number of nitrogens with one attached hydrogen (secondary N) is 1. The maximum Gasteiger partial charge on any atom is 0.343 e. The lowest BCUT2D eigenvalue weighted by atomic mass is 10.1. The van der Waals surface area contributed by atoms with E-state index in [1.54, 1.807) is 24.3 Å². The predicted octanol–water partition coefficient (Wildman–Crippen LogP) is 3.56. The Morgan fingerprint density at radius 3 is 2.52 bits per heavy atom. The van der Waals surface area contributed by atoms with Gasteiger partial charge in [0.2, 0.25) is 0 Å². The molecule has 27 heavy (non-hydrogen) atoms. The minimum absolute atomic E-state index is 0.171. The Kier molecular flexibility index (Phi) is 5.27. The number of anilines is 2. The van der Waals surface area contributed by atoms with Crippen LogP contribution in [0, 0.1) is 6.92 Å². The number of nitrogen functional groups attached to an aromatic ring is 1. The van der Waals surface area contributed by atoms with Gasteiger partial charge in [-0.2, -0.15) is 5.10 Å². The monoisotopic (exact) mass is 428 g/mol. The van der Waals surface area contributed by atoms with E-state index in [0.717, 1.165) is 15.7 Å². The molecule has 0 bridgehead atoms. The van der Waals surface area contributed by atoms with E-state index in [0.29, 0.717) is 11.3 Å². The lowest BCUT2D eigenvalue weighted by molar-refractivity contribution is 0.0602. The first kappa shape index (κ1) is 18.7. The van der Waals surface area contributed by atoms with E-state index >= 15 is 0 Å². The molecule has 0 spiro atoms. The SMILES string of the molecule is COC(=O)c1cnn(-c2ccc(C(=O)Nc3ccc(Br)cc3C)cc2)c1N. The number of rotatable bonds is 4. The third-order valence-electron chi connectivity index (χ3n) is 4.02. The van der Waals surface area contributed by atoms with Crippen molar-refractivity contribution in [2.45, 2.75) is 6.92 Å². The second-order valence-electron chi connectivity index (χ2n) is 5.81. The van der Waals surface area contributed by atoms with Gasteiger partial charge in [-0.25, -0.2) is 9.48 Å². The van der Waals surface area contributed by atoms with Crippen LogP contribution in [0.5, 0.6) is 0 Å². The second-order valence-corrected chi connectivity index (χ2v) is 6.72. The molecule has 1 aromatic heterocycles. The summed E-state index contributed by atoms with van der Waals surface area (Å²) >= 11 is 3.40. The molecular formula is C19H17BrN4O3. The van der Waals surface area contributed by atoms with Crippen molar-refractivity contribution in [1.82, 2.24) is 9.78 Å². The first-order valence-electron chi connectivity index (χ1n) is 8.00. The number of aromatic nitrogens is 2. The topological polar surface area (TPSA) is 99.2 Å². The average Bonchev–Trinajstić information content (AvgIpc) is 3.05. The molecule has 3 N–H and O–H groups in total. The summed E-state index contributed by atoms with van der Waals surface area (Å²) in [5.41, 5.74) is 8.95. The van der Waals surface area contributed by atoms with Gasteiger partial charge in [0.05, 0.1) is 19.0 Å². The molecule has 0 radical (unpaired) electrons. The number of carbonyl (C=O) groups excluding carboxylic acids is 2. The highest BCUT2D eigenvalue weighted by Gasteiger charge is 2.16. The summed E-state index contributed by atoms with van der Waals surface area (Å²) in [5, 5.41) is 6.99. The number of hydrogen-bond acceptors (Lipinski definition) is 5. The Morgan fingerprint density at radius 2 is 1.89 bits per heavy atom. The summed E-state index contributed by atoms with van der Waals surface area (Å²) in [6.45, 7) is 1.92. The van der Waals surface area contributed by atoms with Gasteiger partial charge in [0.25, 0.3) is 5.91 Å². The summed E-state index contributed by atoms with van der Waals surface area (Å²) in [6.07, 6.45) is 1.35. The van der Waals surface area contributed by atoms with E-state index in [1.807, 2.05) is 25.1 Å². The molecule has 3 aromatic rings. The molecule has 0 aliphatic rings. The third-order valence-corrected chi connectivity index (χ3v) is 4.52. The molecule has 0 unspecified atom stereocenters. The van der Waals surface area contributed by atoms with Crippen molar-refractivity contribution in [2.24, 2.45) is 0 Å². The summed E-state index contributed by atoms with van der Waals surface area (Å²) in [6, 6.07) is 12.4. The number of carbonyl (C=O) groups is 2. The Bertz CT molecular complexity index is 1010. The van der Waals surface area contributed by atoms with Crippen LogP contribution in [0.4, 0.5) is 11.5 Å². The first-order chi connectivity index (χ1) is 12.9. The molecule has 2 aromatic carbocycles. The van der Waals surface area contributed by atoms with E-state index in [-0.39, 0.29) is 17.3 Å². The minimum Gasteiger partial charge on any atom is -0.465 e. The molecule has 0 aliphatic heterocycles. The number of methoxy groups -OCH3 is 1. The van der Waals surface area contributed by atoms with Gasteiger partial charge in [-0.05, 0) is 55.0 Å². The molecular weight excluding hydrogens is 412 g/mol. The number of halogens is 1. The number of nitrogens with two attached hydrogens (primary N) is 1. The molecule has 3 rings (SSSR count). The van der Waals surface area contributed by atoms with Crippen molar-refractivity contribution in [3.63, 3.8) is 0 Å². The highest BCUT2D eigenvalue weighted by atomic mass is 79.9. The number of esters is 1. The van der Waals surface area contributed by atoms with E-state index in [1.165, 1.54) is 18.0 Å². The van der Waals surface area contributed by atoms with Crippen LogP contribution in [0.1, 0.15) is 26.3 Å². The second kappa shape index (κ2) is 7.63. The van der Waals surface area contributed by atoms with Gasteiger partial charge in [-0.1, -0.05) is 15.9 Å². The molecule has 0 saturated heterocycles. The molecule has 0 fully saturated rings. The quantitative estimate of drug-likeness (QED) is 0.618. The van der Waals surface area contributed by atoms with Gasteiger partial charge < -0.3 is 15.8 Å². The maximum atomic E-state index is 12.5. The zero-order chi connectivity index (χ0) is 19.6. The van der Waals surface area contributed by atoms with Crippen molar-refractivity contribution >= 4 is 39.3 Å². The van der Waals surface area contributed by atoms with Crippen molar-refractivity contribution in [1.29, 1.82) is 0 Å². The highest BCUT2D eigenvalue weighted by Crippen LogP contribution is 2.22. The standard InChI is InChI=1S/C19H17BrN4O3/c1-11-9-13(20)5-8-16(11)23-18(25)12-3-6-14(7-4-12)24-17(21)15(10-22-24)19(26)27-2/h3-10H,21H2,1-2H3,(H,23,25). The molecule has 7 nitrogen and oxygen atoms in total. The zero-order valence-electron chi connectivity index (χ0n) is 14.7. The van der Waals surface area contributed by atoms with E-state index in [4.69, 9.17) is 5.73 Å². The van der Waals surface area contributed by atoms with Crippen molar-refractivity contribution < 1.29 is 14.3 Å². The lowest BCUT2D eigenvalue weighted by Crippen LogP contribution is -2.13. The van der Waals surface area contributed by atoms with Crippen molar-refractivity contribution in [3.05, 3.63) is 69.8 Å². The van der Waals surface area contributed by atoms with Gasteiger partial charge in [-0.15, -0.1) is 0 Å². The molecule has 1 heterocycles. The predicted molar refractivity (Wildman–Crippen MR) is 106 cm³/mol. The largest absolute Gasteiger partial charge is 0.465 e. The number of aryl methyl sites for hydroxylation is 1. The third kappa shape index (κ3) is 3.85. The van der Waals surface area contributed by atoms with Gasteiger partial charge in [-0.3, -0.25) is 4.79 Å². The van der Waals surface area contributed by atoms with Crippen LogP contribution < -0.4 is 11.1 Å².